The number of rotatable bonds is 5. The molecule has 2 nitrogen and oxygen atoms in total. The zero-order valence-corrected chi connectivity index (χ0v) is 12.8. The van der Waals surface area contributed by atoms with Gasteiger partial charge in [0.2, 0.25) is 0 Å². The number of aliphatic hydroxyl groups excluding tert-OH is 1. The van der Waals surface area contributed by atoms with Gasteiger partial charge in [-0.1, -0.05) is 24.3 Å². The molecule has 1 atom stereocenters. The lowest BCUT2D eigenvalue weighted by molar-refractivity contribution is 0.156. The van der Waals surface area contributed by atoms with Gasteiger partial charge in [0.05, 0.1) is 12.7 Å². The standard InChI is InChI=1S/C18H20O2S/c19-18-8-4-5-14-9-10-15(13-17(14)18)20-11-12-21-16-6-2-1-3-7-16/h1-3,6-7,9-10,13,18-19H,4-5,8,11-12H2/t18-/m1/s1. The van der Waals surface area contributed by atoms with Crippen LogP contribution in [-0.4, -0.2) is 17.5 Å². The third kappa shape index (κ3) is 3.80. The molecule has 0 radical (unpaired) electrons. The van der Waals surface area contributed by atoms with Gasteiger partial charge in [-0.2, -0.15) is 0 Å². The molecule has 0 saturated carbocycles. The second kappa shape index (κ2) is 7.01. The highest BCUT2D eigenvalue weighted by atomic mass is 32.2. The molecule has 1 aliphatic carbocycles. The van der Waals surface area contributed by atoms with Crippen LogP contribution in [0.5, 0.6) is 5.75 Å². The normalized spacial score (nSPS) is 17.3. The fourth-order valence-electron chi connectivity index (χ4n) is 2.68. The van der Waals surface area contributed by atoms with Crippen molar-refractivity contribution in [2.24, 2.45) is 0 Å². The van der Waals surface area contributed by atoms with E-state index in [1.165, 1.54) is 10.5 Å². The first-order valence-electron chi connectivity index (χ1n) is 7.44. The summed E-state index contributed by atoms with van der Waals surface area (Å²) in [4.78, 5) is 1.27. The van der Waals surface area contributed by atoms with E-state index < -0.39 is 0 Å². The molecular formula is C18H20O2S. The van der Waals surface area contributed by atoms with E-state index in [0.717, 1.165) is 36.3 Å². The molecule has 3 rings (SSSR count). The molecule has 21 heavy (non-hydrogen) atoms. The van der Waals surface area contributed by atoms with E-state index in [1.807, 2.05) is 30.3 Å². The van der Waals surface area contributed by atoms with Crippen molar-refractivity contribution in [2.75, 3.05) is 12.4 Å². The highest BCUT2D eigenvalue weighted by molar-refractivity contribution is 7.99. The molecular weight excluding hydrogens is 280 g/mol. The van der Waals surface area contributed by atoms with Gasteiger partial charge in [0.15, 0.2) is 0 Å². The first kappa shape index (κ1) is 14.5. The fraction of sp³-hybridized carbons (Fsp3) is 0.333. The summed E-state index contributed by atoms with van der Waals surface area (Å²) < 4.78 is 5.81. The van der Waals surface area contributed by atoms with Gasteiger partial charge in [0, 0.05) is 10.6 Å². The number of ether oxygens (including phenoxy) is 1. The minimum Gasteiger partial charge on any atom is -0.493 e. The maximum Gasteiger partial charge on any atom is 0.119 e. The van der Waals surface area contributed by atoms with Crippen molar-refractivity contribution in [3.63, 3.8) is 0 Å². The largest absolute Gasteiger partial charge is 0.493 e. The van der Waals surface area contributed by atoms with E-state index in [2.05, 4.69) is 18.2 Å². The Morgan fingerprint density at radius 3 is 2.86 bits per heavy atom. The van der Waals surface area contributed by atoms with Crippen molar-refractivity contribution in [1.82, 2.24) is 0 Å². The molecule has 2 aromatic carbocycles. The zero-order valence-electron chi connectivity index (χ0n) is 12.0. The van der Waals surface area contributed by atoms with E-state index in [4.69, 9.17) is 4.74 Å². The van der Waals surface area contributed by atoms with Crippen molar-refractivity contribution in [1.29, 1.82) is 0 Å². The summed E-state index contributed by atoms with van der Waals surface area (Å²) in [5.74, 6) is 1.78. The van der Waals surface area contributed by atoms with Gasteiger partial charge in [-0.25, -0.2) is 0 Å². The molecule has 0 saturated heterocycles. The third-order valence-electron chi connectivity index (χ3n) is 3.76. The Kier molecular flexibility index (Phi) is 4.84. The van der Waals surface area contributed by atoms with Crippen molar-refractivity contribution in [3.8, 4) is 5.75 Å². The van der Waals surface area contributed by atoms with Gasteiger partial charge in [0.25, 0.3) is 0 Å². The summed E-state index contributed by atoms with van der Waals surface area (Å²) in [6, 6.07) is 16.5. The molecule has 1 N–H and O–H groups in total. The first-order chi connectivity index (χ1) is 10.3. The quantitative estimate of drug-likeness (QED) is 0.662. The summed E-state index contributed by atoms with van der Waals surface area (Å²) >= 11 is 1.79. The number of thioether (sulfide) groups is 1. The maximum absolute atomic E-state index is 10.0. The Labute approximate surface area is 130 Å². The van der Waals surface area contributed by atoms with E-state index in [9.17, 15) is 5.11 Å². The highest BCUT2D eigenvalue weighted by Crippen LogP contribution is 2.32. The summed E-state index contributed by atoms with van der Waals surface area (Å²) in [7, 11) is 0. The SMILES string of the molecule is O[C@@H]1CCCc2ccc(OCCSc3ccccc3)cc21. The molecule has 0 fully saturated rings. The predicted octanol–water partition coefficient (Wildman–Crippen LogP) is 4.23. The van der Waals surface area contributed by atoms with Crippen LogP contribution in [0.15, 0.2) is 53.4 Å². The van der Waals surface area contributed by atoms with E-state index in [1.54, 1.807) is 11.8 Å². The molecule has 0 aliphatic heterocycles. The Hall–Kier alpha value is -1.45. The number of aliphatic hydroxyl groups is 1. The summed E-state index contributed by atoms with van der Waals surface area (Å²) in [6.45, 7) is 0.675. The Morgan fingerprint density at radius 2 is 2.00 bits per heavy atom. The topological polar surface area (TPSA) is 29.5 Å². The van der Waals surface area contributed by atoms with E-state index >= 15 is 0 Å². The highest BCUT2D eigenvalue weighted by Gasteiger charge is 2.18. The lowest BCUT2D eigenvalue weighted by Gasteiger charge is -2.22. The van der Waals surface area contributed by atoms with Gasteiger partial charge in [0.1, 0.15) is 5.75 Å². The average Bonchev–Trinajstić information content (AvgIpc) is 2.53. The van der Waals surface area contributed by atoms with Crippen LogP contribution in [-0.2, 0) is 6.42 Å². The molecule has 1 aliphatic rings. The minimum absolute atomic E-state index is 0.323. The lowest BCUT2D eigenvalue weighted by atomic mass is 9.89. The van der Waals surface area contributed by atoms with Crippen LogP contribution in [0.2, 0.25) is 0 Å². The van der Waals surface area contributed by atoms with Crippen LogP contribution in [0.3, 0.4) is 0 Å². The second-order valence-corrected chi connectivity index (χ2v) is 6.45. The Bertz CT molecular complexity index is 583. The maximum atomic E-state index is 10.0. The number of hydrogen-bond donors (Lipinski definition) is 1. The molecule has 0 amide bonds. The van der Waals surface area contributed by atoms with Crippen molar-refractivity contribution in [2.45, 2.75) is 30.3 Å². The number of benzene rings is 2. The smallest absolute Gasteiger partial charge is 0.119 e. The number of hydrogen-bond acceptors (Lipinski definition) is 3. The molecule has 3 heteroatoms. The molecule has 0 heterocycles. The van der Waals surface area contributed by atoms with Crippen LogP contribution < -0.4 is 4.74 Å². The summed E-state index contributed by atoms with van der Waals surface area (Å²) in [6.07, 6.45) is 2.68. The van der Waals surface area contributed by atoms with Crippen molar-refractivity contribution >= 4 is 11.8 Å². The first-order valence-corrected chi connectivity index (χ1v) is 8.43. The summed E-state index contributed by atoms with van der Waals surface area (Å²) in [5, 5.41) is 10.0. The fourth-order valence-corrected chi connectivity index (χ4v) is 3.43. The monoisotopic (exact) mass is 300 g/mol. The average molecular weight is 300 g/mol. The molecule has 0 bridgehead atoms. The number of fused-ring (bicyclic) bond motifs is 1. The van der Waals surface area contributed by atoms with E-state index in [0.29, 0.717) is 6.61 Å². The van der Waals surface area contributed by atoms with Crippen LogP contribution in [0.1, 0.15) is 30.1 Å². The van der Waals surface area contributed by atoms with Crippen LogP contribution in [0, 0.1) is 0 Å². The van der Waals surface area contributed by atoms with Gasteiger partial charge in [-0.3, -0.25) is 0 Å². The van der Waals surface area contributed by atoms with E-state index in [-0.39, 0.29) is 6.10 Å². The van der Waals surface area contributed by atoms with Crippen LogP contribution in [0.4, 0.5) is 0 Å². The van der Waals surface area contributed by atoms with Gasteiger partial charge >= 0.3 is 0 Å². The second-order valence-electron chi connectivity index (χ2n) is 5.28. The third-order valence-corrected chi connectivity index (χ3v) is 4.74. The van der Waals surface area contributed by atoms with Crippen molar-refractivity contribution < 1.29 is 9.84 Å². The molecule has 0 aromatic heterocycles. The van der Waals surface area contributed by atoms with Crippen LogP contribution >= 0.6 is 11.8 Å². The van der Waals surface area contributed by atoms with Gasteiger partial charge in [-0.15, -0.1) is 11.8 Å². The Morgan fingerprint density at radius 1 is 1.14 bits per heavy atom. The van der Waals surface area contributed by atoms with Crippen LogP contribution in [0.25, 0.3) is 0 Å². The zero-order chi connectivity index (χ0) is 14.5. The lowest BCUT2D eigenvalue weighted by Crippen LogP contribution is -2.09. The molecule has 0 spiro atoms. The molecule has 110 valence electrons. The molecule has 0 unspecified atom stereocenters. The Balaban J connectivity index is 1.53. The summed E-state index contributed by atoms with van der Waals surface area (Å²) in [5.41, 5.74) is 2.31. The van der Waals surface area contributed by atoms with Gasteiger partial charge < -0.3 is 9.84 Å². The molecule has 2 aromatic rings. The predicted molar refractivity (Wildman–Crippen MR) is 87.0 cm³/mol. The van der Waals surface area contributed by atoms with Crippen molar-refractivity contribution in [3.05, 3.63) is 59.7 Å². The minimum atomic E-state index is -0.323. The van der Waals surface area contributed by atoms with Gasteiger partial charge in [-0.05, 0) is 54.7 Å². The number of aryl methyl sites for hydroxylation is 1.